The van der Waals surface area contributed by atoms with Crippen LogP contribution in [0.4, 0.5) is 0 Å². The second kappa shape index (κ2) is 6.95. The third kappa shape index (κ3) is 3.77. The predicted octanol–water partition coefficient (Wildman–Crippen LogP) is 2.80. The molecule has 0 aromatic heterocycles. The van der Waals surface area contributed by atoms with E-state index in [4.69, 9.17) is 22.1 Å². The fraction of sp³-hybridized carbons (Fsp3) is 0.125. The number of amides is 1. The van der Waals surface area contributed by atoms with E-state index in [1.807, 2.05) is 0 Å². The highest BCUT2D eigenvalue weighted by Gasteiger charge is 2.11. The highest BCUT2D eigenvalue weighted by atomic mass is 35.5. The van der Waals surface area contributed by atoms with Crippen LogP contribution in [0.3, 0.4) is 0 Å². The van der Waals surface area contributed by atoms with E-state index < -0.39 is 11.9 Å². The number of halogens is 1. The highest BCUT2D eigenvalue weighted by Crippen LogP contribution is 2.23. The molecule has 0 saturated carbocycles. The van der Waals surface area contributed by atoms with Crippen molar-refractivity contribution in [3.05, 3.63) is 64.2 Å². The van der Waals surface area contributed by atoms with E-state index in [0.29, 0.717) is 16.3 Å². The lowest BCUT2D eigenvalue weighted by atomic mass is 10.1. The first-order valence-corrected chi connectivity index (χ1v) is 6.78. The topological polar surface area (TPSA) is 78.6 Å². The monoisotopic (exact) mass is 319 g/mol. The number of hydrogen-bond donors (Lipinski definition) is 1. The molecule has 6 heteroatoms. The summed E-state index contributed by atoms with van der Waals surface area (Å²) in [5.41, 5.74) is 6.68. The van der Waals surface area contributed by atoms with Gasteiger partial charge in [-0.05, 0) is 35.9 Å². The molecule has 22 heavy (non-hydrogen) atoms. The van der Waals surface area contributed by atoms with Crippen molar-refractivity contribution in [1.82, 2.24) is 0 Å². The number of benzene rings is 2. The fourth-order valence-electron chi connectivity index (χ4n) is 1.89. The van der Waals surface area contributed by atoms with Crippen molar-refractivity contribution in [2.75, 3.05) is 7.11 Å². The molecule has 1 amide bonds. The van der Waals surface area contributed by atoms with Crippen molar-refractivity contribution < 1.29 is 19.1 Å². The van der Waals surface area contributed by atoms with Gasteiger partial charge in [0.2, 0.25) is 0 Å². The first-order chi connectivity index (χ1) is 10.5. The van der Waals surface area contributed by atoms with Crippen molar-refractivity contribution >= 4 is 23.5 Å². The molecule has 2 rings (SSSR count). The average molecular weight is 320 g/mol. The highest BCUT2D eigenvalue weighted by molar-refractivity contribution is 6.31. The van der Waals surface area contributed by atoms with Crippen LogP contribution < -0.4 is 10.5 Å². The van der Waals surface area contributed by atoms with Crippen molar-refractivity contribution in [2.45, 2.75) is 6.61 Å². The second-order valence-corrected chi connectivity index (χ2v) is 4.92. The van der Waals surface area contributed by atoms with E-state index in [1.54, 1.807) is 36.4 Å². The summed E-state index contributed by atoms with van der Waals surface area (Å²) in [7, 11) is 1.32. The molecular weight excluding hydrogens is 306 g/mol. The quantitative estimate of drug-likeness (QED) is 0.859. The zero-order valence-electron chi connectivity index (χ0n) is 11.8. The molecule has 2 aromatic carbocycles. The Morgan fingerprint density at radius 2 is 1.95 bits per heavy atom. The van der Waals surface area contributed by atoms with E-state index >= 15 is 0 Å². The van der Waals surface area contributed by atoms with Gasteiger partial charge in [0.05, 0.1) is 18.2 Å². The summed E-state index contributed by atoms with van der Waals surface area (Å²) in [5.74, 6) is -0.715. The van der Waals surface area contributed by atoms with Gasteiger partial charge < -0.3 is 15.2 Å². The number of esters is 1. The van der Waals surface area contributed by atoms with Gasteiger partial charge in [-0.15, -0.1) is 0 Å². The third-order valence-corrected chi connectivity index (χ3v) is 3.18. The number of nitrogens with two attached hydrogens (primary N) is 1. The summed E-state index contributed by atoms with van der Waals surface area (Å²) < 4.78 is 10.3. The predicted molar refractivity (Wildman–Crippen MR) is 82.1 cm³/mol. The molecule has 0 bridgehead atoms. The van der Waals surface area contributed by atoms with E-state index in [2.05, 4.69) is 4.74 Å². The van der Waals surface area contributed by atoms with E-state index in [9.17, 15) is 9.59 Å². The van der Waals surface area contributed by atoms with Crippen LogP contribution >= 0.6 is 11.6 Å². The number of methoxy groups -OCH3 is 1. The first kappa shape index (κ1) is 15.9. The summed E-state index contributed by atoms with van der Waals surface area (Å²) >= 11 is 5.83. The Kier molecular flexibility index (Phi) is 5.01. The minimum Gasteiger partial charge on any atom is -0.488 e. The maximum Gasteiger partial charge on any atom is 0.337 e. The number of ether oxygens (including phenoxy) is 2. The third-order valence-electron chi connectivity index (χ3n) is 2.95. The lowest BCUT2D eigenvalue weighted by Gasteiger charge is -2.10. The number of primary amides is 1. The first-order valence-electron chi connectivity index (χ1n) is 6.40. The summed E-state index contributed by atoms with van der Waals surface area (Å²) in [6, 6.07) is 11.5. The Labute approximate surface area is 132 Å². The van der Waals surface area contributed by atoms with Crippen LogP contribution in [0.1, 0.15) is 26.3 Å². The minimum atomic E-state index is -0.624. The molecule has 0 radical (unpaired) electrons. The van der Waals surface area contributed by atoms with Gasteiger partial charge in [0.1, 0.15) is 12.4 Å². The van der Waals surface area contributed by atoms with Crippen LogP contribution in [0, 0.1) is 0 Å². The maximum absolute atomic E-state index is 11.5. The lowest BCUT2D eigenvalue weighted by Crippen LogP contribution is -2.13. The smallest absolute Gasteiger partial charge is 0.337 e. The Bertz CT molecular complexity index is 715. The molecule has 0 heterocycles. The maximum atomic E-state index is 11.5. The molecule has 0 aliphatic rings. The van der Waals surface area contributed by atoms with Crippen LogP contribution in [0.25, 0.3) is 0 Å². The van der Waals surface area contributed by atoms with Gasteiger partial charge in [0.15, 0.2) is 0 Å². The normalized spacial score (nSPS) is 10.1. The molecule has 0 aliphatic heterocycles. The lowest BCUT2D eigenvalue weighted by molar-refractivity contribution is 0.0600. The number of carbonyl (C=O) groups is 2. The zero-order valence-corrected chi connectivity index (χ0v) is 12.6. The fourth-order valence-corrected chi connectivity index (χ4v) is 2.06. The van der Waals surface area contributed by atoms with Gasteiger partial charge in [-0.2, -0.15) is 0 Å². The van der Waals surface area contributed by atoms with Crippen LogP contribution in [0.15, 0.2) is 42.5 Å². The summed E-state index contributed by atoms with van der Waals surface area (Å²) in [5, 5.41) is 0.397. The Balaban J connectivity index is 2.17. The van der Waals surface area contributed by atoms with Gasteiger partial charge >= 0.3 is 5.97 Å². The number of hydrogen-bond acceptors (Lipinski definition) is 4. The molecule has 2 aromatic rings. The van der Waals surface area contributed by atoms with Crippen molar-refractivity contribution in [2.24, 2.45) is 5.73 Å². The van der Waals surface area contributed by atoms with Gasteiger partial charge in [-0.1, -0.05) is 23.7 Å². The van der Waals surface area contributed by atoms with Crippen LogP contribution in [0.2, 0.25) is 5.02 Å². The molecule has 0 aliphatic carbocycles. The summed E-state index contributed by atoms with van der Waals surface area (Å²) in [6.45, 7) is 0.173. The van der Waals surface area contributed by atoms with Crippen LogP contribution in [-0.2, 0) is 11.3 Å². The zero-order chi connectivity index (χ0) is 16.1. The number of carbonyl (C=O) groups excluding carboxylic acids is 2. The van der Waals surface area contributed by atoms with E-state index in [-0.39, 0.29) is 12.2 Å². The summed E-state index contributed by atoms with van der Waals surface area (Å²) in [4.78, 5) is 22.9. The molecule has 0 saturated heterocycles. The molecule has 2 N–H and O–H groups in total. The molecule has 0 atom stereocenters. The molecule has 114 valence electrons. The molecule has 5 nitrogen and oxygen atoms in total. The van der Waals surface area contributed by atoms with Gasteiger partial charge in [0, 0.05) is 5.02 Å². The van der Waals surface area contributed by atoms with E-state index in [0.717, 1.165) is 5.56 Å². The van der Waals surface area contributed by atoms with Gasteiger partial charge in [-0.25, -0.2) is 4.79 Å². The van der Waals surface area contributed by atoms with Crippen LogP contribution in [0.5, 0.6) is 5.75 Å². The van der Waals surface area contributed by atoms with E-state index in [1.165, 1.54) is 13.2 Å². The van der Waals surface area contributed by atoms with Crippen molar-refractivity contribution in [1.29, 1.82) is 0 Å². The minimum absolute atomic E-state index is 0.173. The Morgan fingerprint density at radius 3 is 2.64 bits per heavy atom. The number of rotatable bonds is 5. The molecule has 0 spiro atoms. The largest absolute Gasteiger partial charge is 0.488 e. The Morgan fingerprint density at radius 1 is 1.18 bits per heavy atom. The standard InChI is InChI=1S/C16H14ClNO4/c1-21-16(20)11-4-2-3-10(7-11)9-22-14-6-5-12(17)8-13(14)15(18)19/h2-8H,9H2,1H3,(H2,18,19). The van der Waals surface area contributed by atoms with Crippen molar-refractivity contribution in [3.63, 3.8) is 0 Å². The second-order valence-electron chi connectivity index (χ2n) is 4.49. The SMILES string of the molecule is COC(=O)c1cccc(COc2ccc(Cl)cc2C(N)=O)c1. The van der Waals surface area contributed by atoms with Gasteiger partial charge in [-0.3, -0.25) is 4.79 Å². The molecule has 0 unspecified atom stereocenters. The van der Waals surface area contributed by atoms with Crippen molar-refractivity contribution in [3.8, 4) is 5.75 Å². The van der Waals surface area contributed by atoms with Gasteiger partial charge in [0.25, 0.3) is 5.91 Å². The molecule has 0 fully saturated rings. The van der Waals surface area contributed by atoms with Crippen LogP contribution in [-0.4, -0.2) is 19.0 Å². The summed E-state index contributed by atoms with van der Waals surface area (Å²) in [6.07, 6.45) is 0. The molecular formula is C16H14ClNO4. The average Bonchev–Trinajstić information content (AvgIpc) is 2.53. The Hall–Kier alpha value is -2.53.